The Kier molecular flexibility index (Phi) is 6.59. The average molecular weight is 398 g/mol. The van der Waals surface area contributed by atoms with Crippen LogP contribution in [0.4, 0.5) is 0 Å². The van der Waals surface area contributed by atoms with Crippen molar-refractivity contribution in [3.63, 3.8) is 0 Å². The number of carbonyl (C=O) groups excluding carboxylic acids is 2. The minimum absolute atomic E-state index is 0.0883. The van der Waals surface area contributed by atoms with Crippen molar-refractivity contribution < 1.29 is 23.8 Å². The Bertz CT molecular complexity index is 866. The standard InChI is InChI=1S/C22H26N2O5/c1-15(22(26)23-2)24(13-17-4-8-18(27-3)9-5-17)21(25)11-7-16-6-10-19-20(12-16)29-14-28-19/h4-6,8-10,12,15H,7,11,13-14H2,1-3H3,(H,23,26)/t15-/m0/s1. The van der Waals surface area contributed by atoms with Gasteiger partial charge in [-0.3, -0.25) is 9.59 Å². The van der Waals surface area contributed by atoms with Crippen molar-refractivity contribution in [3.8, 4) is 17.2 Å². The number of aryl methyl sites for hydroxylation is 1. The molecule has 7 nitrogen and oxygen atoms in total. The molecule has 0 spiro atoms. The Morgan fingerprint density at radius 2 is 1.79 bits per heavy atom. The van der Waals surface area contributed by atoms with Crippen LogP contribution >= 0.6 is 0 Å². The Morgan fingerprint density at radius 1 is 1.10 bits per heavy atom. The molecular weight excluding hydrogens is 372 g/mol. The summed E-state index contributed by atoms with van der Waals surface area (Å²) in [6, 6.07) is 12.6. The monoisotopic (exact) mass is 398 g/mol. The van der Waals surface area contributed by atoms with Gasteiger partial charge in [-0.25, -0.2) is 0 Å². The second kappa shape index (κ2) is 9.32. The van der Waals surface area contributed by atoms with Crippen molar-refractivity contribution in [1.29, 1.82) is 0 Å². The molecule has 0 fully saturated rings. The summed E-state index contributed by atoms with van der Waals surface area (Å²) >= 11 is 0. The van der Waals surface area contributed by atoms with Gasteiger partial charge in [-0.05, 0) is 48.7 Å². The maximum atomic E-state index is 13.0. The Morgan fingerprint density at radius 3 is 2.48 bits per heavy atom. The summed E-state index contributed by atoms with van der Waals surface area (Å²) in [5.41, 5.74) is 1.91. The molecule has 2 aromatic rings. The minimum Gasteiger partial charge on any atom is -0.497 e. The lowest BCUT2D eigenvalue weighted by Crippen LogP contribution is -2.46. The van der Waals surface area contributed by atoms with E-state index in [1.54, 1.807) is 26.0 Å². The second-order valence-corrected chi connectivity index (χ2v) is 6.85. The number of carbonyl (C=O) groups is 2. The molecule has 0 aromatic heterocycles. The van der Waals surface area contributed by atoms with Gasteiger partial charge < -0.3 is 24.4 Å². The zero-order valence-electron chi connectivity index (χ0n) is 16.9. The number of rotatable bonds is 8. The number of likely N-dealkylation sites (N-methyl/N-ethyl adjacent to an activating group) is 1. The third-order valence-corrected chi connectivity index (χ3v) is 4.99. The summed E-state index contributed by atoms with van der Waals surface area (Å²) in [6.45, 7) is 2.30. The number of benzene rings is 2. The first-order valence-corrected chi connectivity index (χ1v) is 9.54. The molecule has 0 saturated heterocycles. The molecule has 154 valence electrons. The molecular formula is C22H26N2O5. The largest absolute Gasteiger partial charge is 0.497 e. The molecule has 1 N–H and O–H groups in total. The highest BCUT2D eigenvalue weighted by molar-refractivity contribution is 5.87. The molecule has 2 amide bonds. The van der Waals surface area contributed by atoms with E-state index in [0.717, 1.165) is 22.6 Å². The van der Waals surface area contributed by atoms with Crippen LogP contribution in [0.5, 0.6) is 17.2 Å². The summed E-state index contributed by atoms with van der Waals surface area (Å²) in [5, 5.41) is 2.62. The lowest BCUT2D eigenvalue weighted by Gasteiger charge is -2.28. The number of amides is 2. The van der Waals surface area contributed by atoms with Crippen LogP contribution in [0.2, 0.25) is 0 Å². The van der Waals surface area contributed by atoms with Gasteiger partial charge in [0.05, 0.1) is 7.11 Å². The Labute approximate surface area is 170 Å². The Balaban J connectivity index is 1.70. The molecule has 2 aromatic carbocycles. The highest BCUT2D eigenvalue weighted by Gasteiger charge is 2.25. The fraction of sp³-hybridized carbons (Fsp3) is 0.364. The number of nitrogens with zero attached hydrogens (tertiary/aromatic N) is 1. The minimum atomic E-state index is -0.577. The maximum Gasteiger partial charge on any atom is 0.242 e. The quantitative estimate of drug-likeness (QED) is 0.739. The third kappa shape index (κ3) is 4.99. The van der Waals surface area contributed by atoms with Crippen LogP contribution in [0.25, 0.3) is 0 Å². The van der Waals surface area contributed by atoms with Gasteiger partial charge in [0, 0.05) is 20.0 Å². The van der Waals surface area contributed by atoms with Gasteiger partial charge in [0.1, 0.15) is 11.8 Å². The zero-order chi connectivity index (χ0) is 20.8. The first-order chi connectivity index (χ1) is 14.0. The predicted molar refractivity (Wildman–Crippen MR) is 108 cm³/mol. The van der Waals surface area contributed by atoms with Crippen LogP contribution in [0, 0.1) is 0 Å². The van der Waals surface area contributed by atoms with Crippen LogP contribution in [-0.2, 0) is 22.6 Å². The smallest absolute Gasteiger partial charge is 0.242 e. The van der Waals surface area contributed by atoms with Crippen LogP contribution in [0.1, 0.15) is 24.5 Å². The summed E-state index contributed by atoms with van der Waals surface area (Å²) < 4.78 is 15.9. The molecule has 0 unspecified atom stereocenters. The molecule has 0 saturated carbocycles. The average Bonchev–Trinajstić information content (AvgIpc) is 3.23. The number of nitrogens with one attached hydrogen (secondary N) is 1. The van der Waals surface area contributed by atoms with Gasteiger partial charge in [-0.1, -0.05) is 18.2 Å². The summed E-state index contributed by atoms with van der Waals surface area (Å²) in [7, 11) is 3.18. The molecule has 0 radical (unpaired) electrons. The third-order valence-electron chi connectivity index (χ3n) is 4.99. The van der Waals surface area contributed by atoms with Crippen molar-refractivity contribution in [3.05, 3.63) is 53.6 Å². The first-order valence-electron chi connectivity index (χ1n) is 9.54. The highest BCUT2D eigenvalue weighted by Crippen LogP contribution is 2.32. The lowest BCUT2D eigenvalue weighted by atomic mass is 10.1. The predicted octanol–water partition coefficient (Wildman–Crippen LogP) is 2.52. The van der Waals surface area contributed by atoms with Gasteiger partial charge in [-0.15, -0.1) is 0 Å². The molecule has 29 heavy (non-hydrogen) atoms. The van der Waals surface area contributed by atoms with Gasteiger partial charge in [0.25, 0.3) is 0 Å². The van der Waals surface area contributed by atoms with Crippen molar-refractivity contribution in [1.82, 2.24) is 10.2 Å². The normalized spacial score (nSPS) is 12.9. The fourth-order valence-electron chi connectivity index (χ4n) is 3.21. The van der Waals surface area contributed by atoms with E-state index >= 15 is 0 Å². The topological polar surface area (TPSA) is 77.1 Å². The van der Waals surface area contributed by atoms with Crippen molar-refractivity contribution >= 4 is 11.8 Å². The van der Waals surface area contributed by atoms with E-state index in [2.05, 4.69) is 5.32 Å². The first kappa shape index (κ1) is 20.5. The van der Waals surface area contributed by atoms with E-state index < -0.39 is 6.04 Å². The van der Waals surface area contributed by atoms with E-state index in [0.29, 0.717) is 18.7 Å². The molecule has 1 heterocycles. The van der Waals surface area contributed by atoms with Gasteiger partial charge in [0.15, 0.2) is 11.5 Å². The van der Waals surface area contributed by atoms with Crippen molar-refractivity contribution in [2.75, 3.05) is 21.0 Å². The van der Waals surface area contributed by atoms with Crippen LogP contribution < -0.4 is 19.5 Å². The van der Waals surface area contributed by atoms with Gasteiger partial charge in [0.2, 0.25) is 18.6 Å². The van der Waals surface area contributed by atoms with E-state index in [-0.39, 0.29) is 25.0 Å². The molecule has 1 atom stereocenters. The maximum absolute atomic E-state index is 13.0. The summed E-state index contributed by atoms with van der Waals surface area (Å²) in [5.74, 6) is 1.87. The fourth-order valence-corrected chi connectivity index (χ4v) is 3.21. The summed E-state index contributed by atoms with van der Waals surface area (Å²) in [6.07, 6.45) is 0.839. The zero-order valence-corrected chi connectivity index (χ0v) is 16.9. The molecule has 1 aliphatic rings. The Hall–Kier alpha value is -3.22. The molecule has 1 aliphatic heterocycles. The number of fused-ring (bicyclic) bond motifs is 1. The molecule has 3 rings (SSSR count). The SMILES string of the molecule is CNC(=O)[C@H](C)N(Cc1ccc(OC)cc1)C(=O)CCc1ccc2c(c1)OCO2. The number of ether oxygens (including phenoxy) is 3. The van der Waals surface area contributed by atoms with Crippen molar-refractivity contribution in [2.24, 2.45) is 0 Å². The van der Waals surface area contributed by atoms with Crippen molar-refractivity contribution in [2.45, 2.75) is 32.4 Å². The van der Waals surface area contributed by atoms with Crippen LogP contribution in [-0.4, -0.2) is 43.7 Å². The molecule has 0 bridgehead atoms. The summed E-state index contributed by atoms with van der Waals surface area (Å²) in [4.78, 5) is 26.8. The number of hydrogen-bond acceptors (Lipinski definition) is 5. The van der Waals surface area contributed by atoms with Crippen LogP contribution in [0.3, 0.4) is 0 Å². The highest BCUT2D eigenvalue weighted by atomic mass is 16.7. The van der Waals surface area contributed by atoms with Crippen LogP contribution in [0.15, 0.2) is 42.5 Å². The second-order valence-electron chi connectivity index (χ2n) is 6.85. The van der Waals surface area contributed by atoms with Gasteiger partial charge in [-0.2, -0.15) is 0 Å². The number of hydrogen-bond donors (Lipinski definition) is 1. The number of methoxy groups -OCH3 is 1. The molecule has 0 aliphatic carbocycles. The molecule has 7 heteroatoms. The van der Waals surface area contributed by atoms with E-state index in [1.165, 1.54) is 0 Å². The van der Waals surface area contributed by atoms with E-state index in [1.807, 2.05) is 42.5 Å². The van der Waals surface area contributed by atoms with Gasteiger partial charge >= 0.3 is 0 Å². The lowest BCUT2D eigenvalue weighted by molar-refractivity contribution is -0.140. The van der Waals surface area contributed by atoms with E-state index in [4.69, 9.17) is 14.2 Å². The van der Waals surface area contributed by atoms with E-state index in [9.17, 15) is 9.59 Å².